The average Bonchev–Trinajstić information content (AvgIpc) is 2.43. The van der Waals surface area contributed by atoms with Crippen molar-refractivity contribution in [1.82, 2.24) is 0 Å². The number of ether oxygens (including phenoxy) is 1. The van der Waals surface area contributed by atoms with Gasteiger partial charge in [-0.05, 0) is 48.4 Å². The largest absolute Gasteiger partial charge is 0.457 e. The first kappa shape index (κ1) is 16.8. The lowest BCUT2D eigenvalue weighted by Gasteiger charge is -2.10. The van der Waals surface area contributed by atoms with Crippen LogP contribution in [-0.2, 0) is 15.6 Å². The van der Waals surface area contributed by atoms with E-state index in [2.05, 4.69) is 0 Å². The van der Waals surface area contributed by atoms with Gasteiger partial charge in [-0.1, -0.05) is 23.7 Å². The molecule has 0 saturated heterocycles. The van der Waals surface area contributed by atoms with Crippen molar-refractivity contribution in [3.05, 3.63) is 58.6 Å². The number of sulfone groups is 1. The van der Waals surface area contributed by atoms with Crippen LogP contribution in [0, 0.1) is 6.92 Å². The molecule has 0 heterocycles. The lowest BCUT2D eigenvalue weighted by molar-refractivity contribution is 0.319. The summed E-state index contributed by atoms with van der Waals surface area (Å²) in [6.45, 7) is 1.54. The zero-order valence-corrected chi connectivity index (χ0v) is 13.7. The molecule has 22 heavy (non-hydrogen) atoms. The van der Waals surface area contributed by atoms with Crippen LogP contribution in [0.2, 0.25) is 5.02 Å². The molecule has 0 amide bonds. The van der Waals surface area contributed by atoms with Crippen molar-refractivity contribution < 1.29 is 18.3 Å². The number of benzene rings is 2. The normalized spacial score (nSPS) is 11.4. The highest BCUT2D eigenvalue weighted by molar-refractivity contribution is 7.90. The number of aliphatic hydroxyl groups is 1. The van der Waals surface area contributed by atoms with E-state index in [9.17, 15) is 8.42 Å². The molecule has 6 heteroatoms. The second kappa shape index (κ2) is 7.13. The predicted molar refractivity (Wildman–Crippen MR) is 87.3 cm³/mol. The molecule has 0 aliphatic carbocycles. The first-order valence-corrected chi connectivity index (χ1v) is 8.94. The number of hydrogen-bond acceptors (Lipinski definition) is 4. The molecule has 4 nitrogen and oxygen atoms in total. The highest BCUT2D eigenvalue weighted by Crippen LogP contribution is 2.27. The Hall–Kier alpha value is -1.56. The zero-order chi connectivity index (χ0) is 16.2. The van der Waals surface area contributed by atoms with E-state index < -0.39 is 9.84 Å². The predicted octanol–water partition coefficient (Wildman–Crippen LogP) is 3.35. The van der Waals surface area contributed by atoms with Gasteiger partial charge in [0, 0.05) is 5.02 Å². The molecule has 0 radical (unpaired) electrons. The molecule has 0 atom stereocenters. The lowest BCUT2D eigenvalue weighted by Crippen LogP contribution is -2.12. The van der Waals surface area contributed by atoms with Gasteiger partial charge in [0.05, 0.1) is 18.1 Å². The SMILES string of the molecule is Cc1cc(Cl)ccc1Oc1ccc(CS(=O)(=O)CCO)cc1. The third kappa shape index (κ3) is 4.73. The Morgan fingerprint density at radius 2 is 1.82 bits per heavy atom. The molecule has 118 valence electrons. The molecule has 0 unspecified atom stereocenters. The second-order valence-electron chi connectivity index (χ2n) is 4.97. The minimum atomic E-state index is -3.27. The van der Waals surface area contributed by atoms with E-state index in [-0.39, 0.29) is 18.1 Å². The second-order valence-corrected chi connectivity index (χ2v) is 7.59. The molecule has 0 saturated carbocycles. The van der Waals surface area contributed by atoms with Gasteiger partial charge in [-0.2, -0.15) is 0 Å². The number of aliphatic hydroxyl groups excluding tert-OH is 1. The van der Waals surface area contributed by atoms with Crippen molar-refractivity contribution in [3.8, 4) is 11.5 Å². The van der Waals surface area contributed by atoms with Crippen LogP contribution in [0.4, 0.5) is 0 Å². The summed E-state index contributed by atoms with van der Waals surface area (Å²) < 4.78 is 29.0. The van der Waals surface area contributed by atoms with Crippen molar-refractivity contribution in [2.45, 2.75) is 12.7 Å². The fourth-order valence-electron chi connectivity index (χ4n) is 1.97. The first-order chi connectivity index (χ1) is 10.4. The van der Waals surface area contributed by atoms with Crippen LogP contribution in [0.3, 0.4) is 0 Å². The fraction of sp³-hybridized carbons (Fsp3) is 0.250. The number of hydrogen-bond donors (Lipinski definition) is 1. The van der Waals surface area contributed by atoms with Gasteiger partial charge in [0.25, 0.3) is 0 Å². The number of rotatable bonds is 6. The van der Waals surface area contributed by atoms with E-state index in [1.54, 1.807) is 36.4 Å². The van der Waals surface area contributed by atoms with Crippen LogP contribution >= 0.6 is 11.6 Å². The molecule has 2 rings (SSSR count). The minimum Gasteiger partial charge on any atom is -0.457 e. The standard InChI is InChI=1S/C16H17ClO4S/c1-12-10-14(17)4-7-16(12)21-15-5-2-13(3-6-15)11-22(19,20)9-8-18/h2-7,10,18H,8-9,11H2,1H3. The molecular formula is C16H17ClO4S. The highest BCUT2D eigenvalue weighted by Gasteiger charge is 2.11. The van der Waals surface area contributed by atoms with Crippen molar-refractivity contribution >= 4 is 21.4 Å². The Balaban J connectivity index is 2.09. The van der Waals surface area contributed by atoms with Gasteiger partial charge >= 0.3 is 0 Å². The van der Waals surface area contributed by atoms with Gasteiger partial charge in [0.2, 0.25) is 0 Å². The molecule has 0 bridgehead atoms. The van der Waals surface area contributed by atoms with Gasteiger partial charge in [-0.25, -0.2) is 8.42 Å². The molecule has 2 aromatic carbocycles. The van der Waals surface area contributed by atoms with Crippen molar-refractivity contribution in [1.29, 1.82) is 0 Å². The molecular weight excluding hydrogens is 324 g/mol. The molecule has 2 aromatic rings. The van der Waals surface area contributed by atoms with E-state index in [4.69, 9.17) is 21.4 Å². The third-order valence-electron chi connectivity index (χ3n) is 3.08. The van der Waals surface area contributed by atoms with Gasteiger partial charge in [-0.15, -0.1) is 0 Å². The van der Waals surface area contributed by atoms with Crippen LogP contribution in [0.15, 0.2) is 42.5 Å². The van der Waals surface area contributed by atoms with E-state index in [0.717, 1.165) is 5.56 Å². The molecule has 0 aromatic heterocycles. The summed E-state index contributed by atoms with van der Waals surface area (Å²) >= 11 is 5.90. The molecule has 1 N–H and O–H groups in total. The first-order valence-electron chi connectivity index (χ1n) is 6.74. The zero-order valence-electron chi connectivity index (χ0n) is 12.1. The third-order valence-corrected chi connectivity index (χ3v) is 4.89. The van der Waals surface area contributed by atoms with E-state index in [1.807, 2.05) is 13.0 Å². The Kier molecular flexibility index (Phi) is 5.45. The Labute approximate surface area is 135 Å². The summed E-state index contributed by atoms with van der Waals surface area (Å²) in [4.78, 5) is 0. The number of halogens is 1. The monoisotopic (exact) mass is 340 g/mol. The maximum atomic E-state index is 11.6. The Morgan fingerprint density at radius 1 is 1.14 bits per heavy atom. The van der Waals surface area contributed by atoms with Gasteiger partial charge in [0.15, 0.2) is 9.84 Å². The van der Waals surface area contributed by atoms with Gasteiger partial charge in [-0.3, -0.25) is 0 Å². The summed E-state index contributed by atoms with van der Waals surface area (Å²) in [5.41, 5.74) is 1.58. The molecule has 0 fully saturated rings. The molecule has 0 aliphatic heterocycles. The van der Waals surface area contributed by atoms with E-state index in [0.29, 0.717) is 22.1 Å². The summed E-state index contributed by atoms with van der Waals surface area (Å²) in [6.07, 6.45) is 0. The van der Waals surface area contributed by atoms with Crippen LogP contribution in [0.25, 0.3) is 0 Å². The van der Waals surface area contributed by atoms with Crippen LogP contribution in [-0.4, -0.2) is 25.9 Å². The summed E-state index contributed by atoms with van der Waals surface area (Å²) in [5.74, 6) is 1.00. The molecule has 0 spiro atoms. The minimum absolute atomic E-state index is 0.0895. The Bertz CT molecular complexity index is 739. The fourth-order valence-corrected chi connectivity index (χ4v) is 3.32. The number of aryl methyl sites for hydroxylation is 1. The summed E-state index contributed by atoms with van der Waals surface area (Å²) in [7, 11) is -3.27. The van der Waals surface area contributed by atoms with Crippen LogP contribution < -0.4 is 4.74 Å². The maximum absolute atomic E-state index is 11.6. The summed E-state index contributed by atoms with van der Waals surface area (Å²) in [6, 6.07) is 12.2. The topological polar surface area (TPSA) is 63.6 Å². The van der Waals surface area contributed by atoms with E-state index in [1.165, 1.54) is 0 Å². The van der Waals surface area contributed by atoms with Gasteiger partial charge < -0.3 is 9.84 Å². The quantitative estimate of drug-likeness (QED) is 0.876. The highest BCUT2D eigenvalue weighted by atomic mass is 35.5. The molecule has 0 aliphatic rings. The van der Waals surface area contributed by atoms with Crippen molar-refractivity contribution in [2.75, 3.05) is 12.4 Å². The maximum Gasteiger partial charge on any atom is 0.156 e. The lowest BCUT2D eigenvalue weighted by atomic mass is 10.2. The van der Waals surface area contributed by atoms with Crippen molar-refractivity contribution in [3.63, 3.8) is 0 Å². The van der Waals surface area contributed by atoms with Crippen LogP contribution in [0.5, 0.6) is 11.5 Å². The smallest absolute Gasteiger partial charge is 0.156 e. The summed E-state index contributed by atoms with van der Waals surface area (Å²) in [5, 5.41) is 9.37. The van der Waals surface area contributed by atoms with Crippen molar-refractivity contribution in [2.24, 2.45) is 0 Å². The van der Waals surface area contributed by atoms with E-state index >= 15 is 0 Å². The Morgan fingerprint density at radius 3 is 2.41 bits per heavy atom. The van der Waals surface area contributed by atoms with Crippen LogP contribution in [0.1, 0.15) is 11.1 Å². The van der Waals surface area contributed by atoms with Gasteiger partial charge in [0.1, 0.15) is 11.5 Å². The average molecular weight is 341 g/mol.